The molecule has 0 aliphatic heterocycles. The largest absolute Gasteiger partial charge is 0.466 e. The summed E-state index contributed by atoms with van der Waals surface area (Å²) in [7, 11) is 1.26. The fourth-order valence-corrected chi connectivity index (χ4v) is 1.60. The first kappa shape index (κ1) is 13.9. The number of carbonyl (C=O) groups excluding carboxylic acids is 2. The van der Waals surface area contributed by atoms with E-state index in [4.69, 9.17) is 4.74 Å². The maximum absolute atomic E-state index is 11.6. The number of hydrogen-bond acceptors (Lipinski definition) is 4. The summed E-state index contributed by atoms with van der Waals surface area (Å²) < 4.78 is 9.25. The zero-order valence-electron chi connectivity index (χ0n) is 10.1. The molecule has 0 fully saturated rings. The van der Waals surface area contributed by atoms with Crippen molar-refractivity contribution in [2.75, 3.05) is 13.7 Å². The van der Waals surface area contributed by atoms with Gasteiger partial charge in [0.15, 0.2) is 6.61 Å². The fourth-order valence-electron chi connectivity index (χ4n) is 1.60. The molecule has 0 bridgehead atoms. The lowest BCUT2D eigenvalue weighted by Gasteiger charge is -2.22. The van der Waals surface area contributed by atoms with Crippen LogP contribution in [0.25, 0.3) is 0 Å². The third-order valence-corrected chi connectivity index (χ3v) is 2.27. The van der Waals surface area contributed by atoms with Crippen LogP contribution in [0.4, 0.5) is 0 Å². The van der Waals surface area contributed by atoms with Gasteiger partial charge in [-0.1, -0.05) is 27.7 Å². The van der Waals surface area contributed by atoms with Crippen LogP contribution in [0, 0.1) is 17.8 Å². The minimum absolute atomic E-state index is 0.172. The Morgan fingerprint density at radius 1 is 1.07 bits per heavy atom. The maximum Gasteiger partial charge on any atom is 0.344 e. The quantitative estimate of drug-likeness (QED) is 0.655. The van der Waals surface area contributed by atoms with E-state index in [2.05, 4.69) is 4.74 Å². The van der Waals surface area contributed by atoms with Crippen LogP contribution >= 0.6 is 0 Å². The summed E-state index contributed by atoms with van der Waals surface area (Å²) in [6.45, 7) is 7.55. The van der Waals surface area contributed by atoms with E-state index in [1.54, 1.807) is 0 Å². The Morgan fingerprint density at radius 2 is 1.53 bits per heavy atom. The zero-order valence-corrected chi connectivity index (χ0v) is 10.1. The molecule has 0 radical (unpaired) electrons. The molecule has 0 atom stereocenters. The first-order valence-electron chi connectivity index (χ1n) is 5.13. The van der Waals surface area contributed by atoms with Crippen LogP contribution in [-0.4, -0.2) is 25.7 Å². The van der Waals surface area contributed by atoms with Crippen molar-refractivity contribution in [2.24, 2.45) is 17.8 Å². The predicted molar refractivity (Wildman–Crippen MR) is 56.1 cm³/mol. The van der Waals surface area contributed by atoms with Crippen LogP contribution < -0.4 is 0 Å². The smallest absolute Gasteiger partial charge is 0.344 e. The van der Waals surface area contributed by atoms with Crippen LogP contribution in [0.1, 0.15) is 27.7 Å². The van der Waals surface area contributed by atoms with E-state index in [0.717, 1.165) is 0 Å². The second kappa shape index (κ2) is 6.43. The van der Waals surface area contributed by atoms with Crippen LogP contribution in [-0.2, 0) is 19.1 Å². The van der Waals surface area contributed by atoms with E-state index >= 15 is 0 Å². The summed E-state index contributed by atoms with van der Waals surface area (Å²) in [4.78, 5) is 22.4. The topological polar surface area (TPSA) is 52.6 Å². The van der Waals surface area contributed by atoms with Crippen molar-refractivity contribution in [2.45, 2.75) is 27.7 Å². The van der Waals surface area contributed by atoms with Crippen molar-refractivity contribution in [3.63, 3.8) is 0 Å². The number of methoxy groups -OCH3 is 1. The summed E-state index contributed by atoms with van der Waals surface area (Å²) >= 11 is 0. The Kier molecular flexibility index (Phi) is 5.97. The SMILES string of the molecule is COC(=O)COC(=O)C(C(C)C)C(C)C. The average molecular weight is 216 g/mol. The molecule has 0 rings (SSSR count). The zero-order chi connectivity index (χ0) is 12.0. The average Bonchev–Trinajstić information content (AvgIpc) is 2.12. The lowest BCUT2D eigenvalue weighted by Crippen LogP contribution is -2.29. The highest BCUT2D eigenvalue weighted by atomic mass is 16.6. The van der Waals surface area contributed by atoms with Gasteiger partial charge in [0.05, 0.1) is 13.0 Å². The Morgan fingerprint density at radius 3 is 1.87 bits per heavy atom. The minimum Gasteiger partial charge on any atom is -0.466 e. The third kappa shape index (κ3) is 4.81. The number of rotatable bonds is 5. The molecule has 4 heteroatoms. The highest BCUT2D eigenvalue weighted by molar-refractivity contribution is 5.78. The van der Waals surface area contributed by atoms with Crippen molar-refractivity contribution in [3.05, 3.63) is 0 Å². The summed E-state index contributed by atoms with van der Waals surface area (Å²) in [5.41, 5.74) is 0. The highest BCUT2D eigenvalue weighted by Crippen LogP contribution is 2.21. The van der Waals surface area contributed by atoms with Gasteiger partial charge >= 0.3 is 11.9 Å². The predicted octanol–water partition coefficient (Wildman–Crippen LogP) is 1.63. The normalized spacial score (nSPS) is 10.9. The molecule has 0 heterocycles. The summed E-state index contributed by atoms with van der Waals surface area (Å²) in [5, 5.41) is 0. The number of hydrogen-bond donors (Lipinski definition) is 0. The Balaban J connectivity index is 4.22. The minimum atomic E-state index is -0.533. The van der Waals surface area contributed by atoms with E-state index in [1.807, 2.05) is 27.7 Å². The second-order valence-corrected chi connectivity index (χ2v) is 4.20. The first-order chi connectivity index (χ1) is 6.90. The highest BCUT2D eigenvalue weighted by Gasteiger charge is 2.27. The second-order valence-electron chi connectivity index (χ2n) is 4.20. The van der Waals surface area contributed by atoms with E-state index < -0.39 is 5.97 Å². The van der Waals surface area contributed by atoms with E-state index in [-0.39, 0.29) is 30.3 Å². The molecule has 0 unspecified atom stereocenters. The molecule has 15 heavy (non-hydrogen) atoms. The molecule has 0 saturated heterocycles. The standard InChI is InChI=1S/C11H20O4/c1-7(2)10(8(3)4)11(13)15-6-9(12)14-5/h7-8,10H,6H2,1-5H3. The monoisotopic (exact) mass is 216 g/mol. The first-order valence-corrected chi connectivity index (χ1v) is 5.13. The molecular weight excluding hydrogens is 196 g/mol. The van der Waals surface area contributed by atoms with Gasteiger partial charge in [-0.2, -0.15) is 0 Å². The molecule has 0 amide bonds. The van der Waals surface area contributed by atoms with Crippen molar-refractivity contribution in [3.8, 4) is 0 Å². The van der Waals surface area contributed by atoms with E-state index in [0.29, 0.717) is 0 Å². The Hall–Kier alpha value is -1.06. The molecule has 88 valence electrons. The van der Waals surface area contributed by atoms with Crippen LogP contribution in [0.3, 0.4) is 0 Å². The van der Waals surface area contributed by atoms with Crippen molar-refractivity contribution in [1.82, 2.24) is 0 Å². The van der Waals surface area contributed by atoms with Gasteiger partial charge < -0.3 is 9.47 Å². The molecule has 0 N–H and O–H groups in total. The van der Waals surface area contributed by atoms with Crippen molar-refractivity contribution >= 4 is 11.9 Å². The summed E-state index contributed by atoms with van der Waals surface area (Å²) in [6, 6.07) is 0. The van der Waals surface area contributed by atoms with Crippen LogP contribution in [0.2, 0.25) is 0 Å². The van der Waals surface area contributed by atoms with Crippen LogP contribution in [0.5, 0.6) is 0 Å². The van der Waals surface area contributed by atoms with Gasteiger partial charge in [-0.05, 0) is 11.8 Å². The Labute approximate surface area is 90.9 Å². The van der Waals surface area contributed by atoms with E-state index in [1.165, 1.54) is 7.11 Å². The molecule has 0 aliphatic rings. The Bertz CT molecular complexity index is 213. The molecule has 0 aromatic heterocycles. The molecule has 0 spiro atoms. The van der Waals surface area contributed by atoms with Gasteiger partial charge in [0, 0.05) is 0 Å². The van der Waals surface area contributed by atoms with Crippen molar-refractivity contribution in [1.29, 1.82) is 0 Å². The fraction of sp³-hybridized carbons (Fsp3) is 0.818. The lowest BCUT2D eigenvalue weighted by molar-refractivity contribution is -0.162. The van der Waals surface area contributed by atoms with E-state index in [9.17, 15) is 9.59 Å². The van der Waals surface area contributed by atoms with Gasteiger partial charge in [0.25, 0.3) is 0 Å². The van der Waals surface area contributed by atoms with Gasteiger partial charge in [0.1, 0.15) is 0 Å². The van der Waals surface area contributed by atoms with Gasteiger partial charge in [0.2, 0.25) is 0 Å². The molecule has 0 saturated carbocycles. The molecule has 0 aromatic rings. The molecule has 0 aliphatic carbocycles. The lowest BCUT2D eigenvalue weighted by atomic mass is 9.86. The van der Waals surface area contributed by atoms with Crippen molar-refractivity contribution < 1.29 is 19.1 Å². The molecule has 4 nitrogen and oxygen atoms in total. The number of esters is 2. The number of carbonyl (C=O) groups is 2. The maximum atomic E-state index is 11.6. The van der Waals surface area contributed by atoms with Gasteiger partial charge in [-0.15, -0.1) is 0 Å². The van der Waals surface area contributed by atoms with Crippen LogP contribution in [0.15, 0.2) is 0 Å². The van der Waals surface area contributed by atoms with Gasteiger partial charge in [-0.3, -0.25) is 4.79 Å². The molecule has 0 aromatic carbocycles. The summed E-state index contributed by atoms with van der Waals surface area (Å²) in [5.74, 6) is -0.625. The summed E-state index contributed by atoms with van der Waals surface area (Å²) in [6.07, 6.45) is 0. The van der Waals surface area contributed by atoms with Gasteiger partial charge in [-0.25, -0.2) is 4.79 Å². The number of ether oxygens (including phenoxy) is 2. The molecular formula is C11H20O4. The third-order valence-electron chi connectivity index (χ3n) is 2.27.